The highest BCUT2D eigenvalue weighted by atomic mass is 32.2. The SMILES string of the molecule is Cc1ccccc1[C@@H](C)NS(=O)(=O)c1ccc2c(c1)CCC(=O)N2. The molecule has 0 aromatic heterocycles. The maximum absolute atomic E-state index is 12.7. The minimum atomic E-state index is -3.63. The van der Waals surface area contributed by atoms with Gasteiger partial charge in [0.05, 0.1) is 4.90 Å². The third kappa shape index (κ3) is 3.34. The van der Waals surface area contributed by atoms with Crippen LogP contribution in [-0.2, 0) is 21.2 Å². The van der Waals surface area contributed by atoms with Gasteiger partial charge in [-0.05, 0) is 55.2 Å². The van der Waals surface area contributed by atoms with Crippen molar-refractivity contribution < 1.29 is 13.2 Å². The molecule has 0 saturated heterocycles. The number of rotatable bonds is 4. The van der Waals surface area contributed by atoms with Crippen LogP contribution < -0.4 is 10.0 Å². The van der Waals surface area contributed by atoms with Gasteiger partial charge in [0.25, 0.3) is 0 Å². The van der Waals surface area contributed by atoms with Crippen LogP contribution in [0.1, 0.15) is 36.1 Å². The molecule has 0 spiro atoms. The van der Waals surface area contributed by atoms with Crippen molar-refractivity contribution >= 4 is 21.6 Å². The van der Waals surface area contributed by atoms with E-state index in [9.17, 15) is 13.2 Å². The number of amides is 1. The second-order valence-electron chi connectivity index (χ2n) is 6.07. The maximum Gasteiger partial charge on any atom is 0.241 e. The number of fused-ring (bicyclic) bond motifs is 1. The Kier molecular flexibility index (Phi) is 4.43. The monoisotopic (exact) mass is 344 g/mol. The highest BCUT2D eigenvalue weighted by Gasteiger charge is 2.22. The fourth-order valence-corrected chi connectivity index (χ4v) is 4.24. The molecular formula is C18H20N2O3S. The molecule has 0 bridgehead atoms. The zero-order valence-corrected chi connectivity index (χ0v) is 14.5. The van der Waals surface area contributed by atoms with Crippen LogP contribution in [0.2, 0.25) is 0 Å². The Morgan fingerprint density at radius 2 is 1.88 bits per heavy atom. The molecule has 1 aliphatic rings. The summed E-state index contributed by atoms with van der Waals surface area (Å²) in [5.74, 6) is -0.0376. The minimum Gasteiger partial charge on any atom is -0.326 e. The van der Waals surface area contributed by atoms with Gasteiger partial charge in [-0.15, -0.1) is 0 Å². The lowest BCUT2D eigenvalue weighted by atomic mass is 10.0. The Labute approximate surface area is 142 Å². The zero-order chi connectivity index (χ0) is 17.3. The van der Waals surface area contributed by atoms with E-state index in [-0.39, 0.29) is 16.8 Å². The van der Waals surface area contributed by atoms with Crippen LogP contribution >= 0.6 is 0 Å². The largest absolute Gasteiger partial charge is 0.326 e. The first-order valence-corrected chi connectivity index (χ1v) is 9.36. The number of aryl methyl sites for hydroxylation is 2. The number of sulfonamides is 1. The van der Waals surface area contributed by atoms with Crippen LogP contribution in [0.3, 0.4) is 0 Å². The Bertz CT molecular complexity index is 891. The second kappa shape index (κ2) is 6.37. The van der Waals surface area contributed by atoms with Crippen molar-refractivity contribution in [3.63, 3.8) is 0 Å². The van der Waals surface area contributed by atoms with Crippen molar-refractivity contribution in [3.05, 3.63) is 59.2 Å². The van der Waals surface area contributed by atoms with Gasteiger partial charge in [-0.25, -0.2) is 13.1 Å². The van der Waals surface area contributed by atoms with Gasteiger partial charge >= 0.3 is 0 Å². The van der Waals surface area contributed by atoms with E-state index in [1.54, 1.807) is 12.1 Å². The van der Waals surface area contributed by atoms with Gasteiger partial charge in [0, 0.05) is 18.2 Å². The lowest BCUT2D eigenvalue weighted by molar-refractivity contribution is -0.116. The van der Waals surface area contributed by atoms with Crippen LogP contribution in [0.4, 0.5) is 5.69 Å². The van der Waals surface area contributed by atoms with E-state index in [2.05, 4.69) is 10.0 Å². The topological polar surface area (TPSA) is 75.3 Å². The zero-order valence-electron chi connectivity index (χ0n) is 13.7. The van der Waals surface area contributed by atoms with Crippen molar-refractivity contribution in [2.75, 3.05) is 5.32 Å². The lowest BCUT2D eigenvalue weighted by Gasteiger charge is -2.19. The maximum atomic E-state index is 12.7. The summed E-state index contributed by atoms with van der Waals surface area (Å²) >= 11 is 0. The van der Waals surface area contributed by atoms with E-state index in [0.717, 1.165) is 16.7 Å². The molecule has 1 atom stereocenters. The molecule has 2 N–H and O–H groups in total. The van der Waals surface area contributed by atoms with Crippen LogP contribution in [0, 0.1) is 6.92 Å². The number of hydrogen-bond acceptors (Lipinski definition) is 3. The first-order chi connectivity index (χ1) is 11.4. The predicted molar refractivity (Wildman–Crippen MR) is 93.3 cm³/mol. The van der Waals surface area contributed by atoms with Gasteiger partial charge in [-0.3, -0.25) is 4.79 Å². The summed E-state index contributed by atoms with van der Waals surface area (Å²) in [6.07, 6.45) is 0.932. The second-order valence-corrected chi connectivity index (χ2v) is 7.78. The van der Waals surface area contributed by atoms with E-state index in [4.69, 9.17) is 0 Å². The van der Waals surface area contributed by atoms with E-state index in [0.29, 0.717) is 18.5 Å². The average Bonchev–Trinajstić information content (AvgIpc) is 2.54. The molecule has 6 heteroatoms. The molecule has 3 rings (SSSR count). The number of benzene rings is 2. The summed E-state index contributed by atoms with van der Waals surface area (Å²) < 4.78 is 28.1. The standard InChI is InChI=1S/C18H20N2O3S/c1-12-5-3-4-6-16(12)13(2)20-24(22,23)15-8-9-17-14(11-15)7-10-18(21)19-17/h3-6,8-9,11,13,20H,7,10H2,1-2H3,(H,19,21)/t13-/m1/s1. The predicted octanol–water partition coefficient (Wildman–Crippen LogP) is 2.92. The van der Waals surface area contributed by atoms with Gasteiger partial charge in [-0.1, -0.05) is 24.3 Å². The minimum absolute atomic E-state index is 0.0376. The molecular weight excluding hydrogens is 324 g/mol. The molecule has 0 unspecified atom stereocenters. The summed E-state index contributed by atoms with van der Waals surface area (Å²) in [6, 6.07) is 12.2. The molecule has 1 amide bonds. The van der Waals surface area contributed by atoms with Crippen molar-refractivity contribution in [2.24, 2.45) is 0 Å². The van der Waals surface area contributed by atoms with E-state index in [1.165, 1.54) is 6.07 Å². The van der Waals surface area contributed by atoms with E-state index in [1.807, 2.05) is 38.1 Å². The normalized spacial score (nSPS) is 15.5. The Hall–Kier alpha value is -2.18. The molecule has 126 valence electrons. The molecule has 0 radical (unpaired) electrons. The summed E-state index contributed by atoms with van der Waals surface area (Å²) in [5.41, 5.74) is 3.53. The molecule has 24 heavy (non-hydrogen) atoms. The summed E-state index contributed by atoms with van der Waals surface area (Å²) in [7, 11) is -3.63. The highest BCUT2D eigenvalue weighted by Crippen LogP contribution is 2.26. The van der Waals surface area contributed by atoms with Crippen molar-refractivity contribution in [1.82, 2.24) is 4.72 Å². The van der Waals surface area contributed by atoms with Gasteiger partial charge in [0.2, 0.25) is 15.9 Å². The third-order valence-corrected chi connectivity index (χ3v) is 5.81. The molecule has 0 saturated carbocycles. The number of anilines is 1. The fraction of sp³-hybridized carbons (Fsp3) is 0.278. The molecule has 1 heterocycles. The van der Waals surface area contributed by atoms with Crippen molar-refractivity contribution in [2.45, 2.75) is 37.6 Å². The van der Waals surface area contributed by atoms with Gasteiger partial charge < -0.3 is 5.32 Å². The first kappa shape index (κ1) is 16.7. The Morgan fingerprint density at radius 3 is 2.62 bits per heavy atom. The summed E-state index contributed by atoms with van der Waals surface area (Å²) in [4.78, 5) is 11.6. The van der Waals surface area contributed by atoms with Gasteiger partial charge in [0.15, 0.2) is 0 Å². The molecule has 0 aliphatic carbocycles. The Balaban J connectivity index is 1.86. The fourth-order valence-electron chi connectivity index (χ4n) is 2.96. The number of nitrogens with one attached hydrogen (secondary N) is 2. The summed E-state index contributed by atoms with van der Waals surface area (Å²) in [5, 5.41) is 2.76. The molecule has 0 fully saturated rings. The third-order valence-electron chi connectivity index (χ3n) is 4.27. The highest BCUT2D eigenvalue weighted by molar-refractivity contribution is 7.89. The first-order valence-electron chi connectivity index (χ1n) is 7.87. The van der Waals surface area contributed by atoms with E-state index >= 15 is 0 Å². The molecule has 2 aromatic rings. The number of carbonyl (C=O) groups is 1. The van der Waals surface area contributed by atoms with Crippen molar-refractivity contribution in [1.29, 1.82) is 0 Å². The molecule has 1 aliphatic heterocycles. The molecule has 2 aromatic carbocycles. The summed E-state index contributed by atoms with van der Waals surface area (Å²) in [6.45, 7) is 3.79. The van der Waals surface area contributed by atoms with E-state index < -0.39 is 10.0 Å². The van der Waals surface area contributed by atoms with Crippen LogP contribution in [0.5, 0.6) is 0 Å². The van der Waals surface area contributed by atoms with Crippen molar-refractivity contribution in [3.8, 4) is 0 Å². The smallest absolute Gasteiger partial charge is 0.241 e. The van der Waals surface area contributed by atoms with Crippen LogP contribution in [-0.4, -0.2) is 14.3 Å². The average molecular weight is 344 g/mol. The van der Waals surface area contributed by atoms with Gasteiger partial charge in [0.1, 0.15) is 0 Å². The quantitative estimate of drug-likeness (QED) is 0.895. The Morgan fingerprint density at radius 1 is 1.12 bits per heavy atom. The van der Waals surface area contributed by atoms with Crippen LogP contribution in [0.15, 0.2) is 47.4 Å². The number of hydrogen-bond donors (Lipinski definition) is 2. The number of carbonyl (C=O) groups excluding carboxylic acids is 1. The van der Waals surface area contributed by atoms with Crippen LogP contribution in [0.25, 0.3) is 0 Å². The lowest BCUT2D eigenvalue weighted by Crippen LogP contribution is -2.28. The van der Waals surface area contributed by atoms with Gasteiger partial charge in [-0.2, -0.15) is 0 Å². The molecule has 5 nitrogen and oxygen atoms in total.